The normalized spacial score (nSPS) is 13.3. The summed E-state index contributed by atoms with van der Waals surface area (Å²) < 4.78 is 25.6. The van der Waals surface area contributed by atoms with E-state index >= 15 is 4.39 Å². The average Bonchev–Trinajstić information content (AvgIpc) is 3.51. The Hall–Kier alpha value is -4.21. The minimum absolute atomic E-state index is 0.0278. The highest BCUT2D eigenvalue weighted by Gasteiger charge is 2.23. The molecule has 0 radical (unpaired) electrons. The molecule has 1 aromatic heterocycles. The summed E-state index contributed by atoms with van der Waals surface area (Å²) in [6, 6.07) is 11.1. The van der Waals surface area contributed by atoms with E-state index in [0.717, 1.165) is 18.9 Å². The highest BCUT2D eigenvalue weighted by atomic mass is 19.1. The van der Waals surface area contributed by atoms with E-state index in [4.69, 9.17) is 9.26 Å². The van der Waals surface area contributed by atoms with Gasteiger partial charge < -0.3 is 19.5 Å². The standard InChI is InChI=1S/C28H31FN4O5/c1-17-12-25(38-32-17)19-9-7-8-18(13-19)24(34)16-26(35)30-21-14-20(29)23(33-10-5-6-11-33)15-22(21)31-27(36)37-28(2,3)4/h7-9,12-15H,5-6,10-11,16H2,1-4H3,(H,30,35)(H,31,36). The highest BCUT2D eigenvalue weighted by molar-refractivity contribution is 6.12. The van der Waals surface area contributed by atoms with Crippen molar-refractivity contribution in [2.45, 2.75) is 52.6 Å². The molecular formula is C28H31FN4O5. The lowest BCUT2D eigenvalue weighted by atomic mass is 10.0. The number of hydrogen-bond acceptors (Lipinski definition) is 7. The Balaban J connectivity index is 1.52. The molecule has 1 saturated heterocycles. The molecule has 10 heteroatoms. The van der Waals surface area contributed by atoms with Crippen molar-refractivity contribution in [3.8, 4) is 11.3 Å². The van der Waals surface area contributed by atoms with Crippen molar-refractivity contribution in [3.05, 3.63) is 59.5 Å². The van der Waals surface area contributed by atoms with E-state index in [1.807, 2.05) is 4.90 Å². The van der Waals surface area contributed by atoms with Gasteiger partial charge in [-0.1, -0.05) is 23.4 Å². The molecule has 2 heterocycles. The summed E-state index contributed by atoms with van der Waals surface area (Å²) in [5.74, 6) is -1.13. The second-order valence-electron chi connectivity index (χ2n) is 10.2. The van der Waals surface area contributed by atoms with Crippen LogP contribution in [0.4, 0.5) is 26.2 Å². The molecule has 200 valence electrons. The average molecular weight is 523 g/mol. The van der Waals surface area contributed by atoms with E-state index < -0.39 is 35.6 Å². The van der Waals surface area contributed by atoms with Gasteiger partial charge in [-0.3, -0.25) is 14.9 Å². The number of anilines is 3. The smallest absolute Gasteiger partial charge is 0.412 e. The predicted molar refractivity (Wildman–Crippen MR) is 142 cm³/mol. The fraction of sp³-hybridized carbons (Fsp3) is 0.357. The molecule has 4 rings (SSSR count). The number of ketones is 1. The van der Waals surface area contributed by atoms with Gasteiger partial charge in [0, 0.05) is 36.3 Å². The number of hydrogen-bond donors (Lipinski definition) is 2. The van der Waals surface area contributed by atoms with E-state index in [-0.39, 0.29) is 11.4 Å². The Morgan fingerprint density at radius 2 is 1.76 bits per heavy atom. The fourth-order valence-corrected chi connectivity index (χ4v) is 4.17. The molecule has 9 nitrogen and oxygen atoms in total. The van der Waals surface area contributed by atoms with Gasteiger partial charge in [-0.2, -0.15) is 0 Å². The number of Topliss-reactive ketones (excluding diaryl/α,β-unsaturated/α-hetero) is 1. The van der Waals surface area contributed by atoms with Crippen LogP contribution in [0.1, 0.15) is 56.1 Å². The van der Waals surface area contributed by atoms with E-state index in [2.05, 4.69) is 15.8 Å². The van der Waals surface area contributed by atoms with Crippen LogP contribution >= 0.6 is 0 Å². The second kappa shape index (κ2) is 11.0. The van der Waals surface area contributed by atoms with Crippen LogP contribution in [0.3, 0.4) is 0 Å². The van der Waals surface area contributed by atoms with Gasteiger partial charge in [0.15, 0.2) is 11.5 Å². The molecule has 0 atom stereocenters. The number of ether oxygens (including phenoxy) is 1. The quantitative estimate of drug-likeness (QED) is 0.291. The fourth-order valence-electron chi connectivity index (χ4n) is 4.17. The minimum Gasteiger partial charge on any atom is -0.444 e. The summed E-state index contributed by atoms with van der Waals surface area (Å²) in [6.07, 6.45) is 0.640. The number of carbonyl (C=O) groups is 3. The van der Waals surface area contributed by atoms with Crippen molar-refractivity contribution in [1.82, 2.24) is 5.16 Å². The van der Waals surface area contributed by atoms with Gasteiger partial charge in [-0.05, 0) is 52.7 Å². The zero-order valence-corrected chi connectivity index (χ0v) is 21.9. The van der Waals surface area contributed by atoms with E-state index in [9.17, 15) is 14.4 Å². The Labute approximate surface area is 220 Å². The van der Waals surface area contributed by atoms with Crippen LogP contribution in [-0.2, 0) is 9.53 Å². The number of rotatable bonds is 7. The summed E-state index contributed by atoms with van der Waals surface area (Å²) in [5.41, 5.74) is 1.44. The molecule has 1 fully saturated rings. The Bertz CT molecular complexity index is 1360. The monoisotopic (exact) mass is 522 g/mol. The molecule has 0 bridgehead atoms. The largest absolute Gasteiger partial charge is 0.444 e. The molecule has 1 aliphatic heterocycles. The predicted octanol–water partition coefficient (Wildman–Crippen LogP) is 5.95. The second-order valence-corrected chi connectivity index (χ2v) is 10.2. The van der Waals surface area contributed by atoms with Crippen molar-refractivity contribution < 1.29 is 28.0 Å². The number of aromatic nitrogens is 1. The summed E-state index contributed by atoms with van der Waals surface area (Å²) in [7, 11) is 0. The Morgan fingerprint density at radius 1 is 1.05 bits per heavy atom. The Morgan fingerprint density at radius 3 is 2.42 bits per heavy atom. The number of carbonyl (C=O) groups excluding carboxylic acids is 3. The van der Waals surface area contributed by atoms with Gasteiger partial charge in [0.25, 0.3) is 0 Å². The van der Waals surface area contributed by atoms with Crippen LogP contribution in [0.15, 0.2) is 47.0 Å². The summed E-state index contributed by atoms with van der Waals surface area (Å²) >= 11 is 0. The first-order valence-corrected chi connectivity index (χ1v) is 12.4. The molecular weight excluding hydrogens is 491 g/mol. The third-order valence-corrected chi connectivity index (χ3v) is 5.86. The van der Waals surface area contributed by atoms with Crippen molar-refractivity contribution in [1.29, 1.82) is 0 Å². The van der Waals surface area contributed by atoms with E-state index in [1.54, 1.807) is 58.0 Å². The third-order valence-electron chi connectivity index (χ3n) is 5.86. The van der Waals surface area contributed by atoms with Crippen LogP contribution < -0.4 is 15.5 Å². The summed E-state index contributed by atoms with van der Waals surface area (Å²) in [4.78, 5) is 40.1. The molecule has 0 unspecified atom stereocenters. The first-order valence-electron chi connectivity index (χ1n) is 12.4. The molecule has 2 aromatic carbocycles. The van der Waals surface area contributed by atoms with Gasteiger partial charge >= 0.3 is 6.09 Å². The molecule has 2 N–H and O–H groups in total. The van der Waals surface area contributed by atoms with Gasteiger partial charge in [0.2, 0.25) is 5.91 Å². The molecule has 2 amide bonds. The van der Waals surface area contributed by atoms with Crippen LogP contribution in [0.5, 0.6) is 0 Å². The van der Waals surface area contributed by atoms with Crippen molar-refractivity contribution >= 4 is 34.8 Å². The van der Waals surface area contributed by atoms with Gasteiger partial charge in [0.05, 0.1) is 29.2 Å². The molecule has 38 heavy (non-hydrogen) atoms. The number of amides is 2. The number of halogens is 1. The van der Waals surface area contributed by atoms with E-state index in [1.165, 1.54) is 6.07 Å². The lowest BCUT2D eigenvalue weighted by Gasteiger charge is -2.23. The zero-order chi connectivity index (χ0) is 27.4. The van der Waals surface area contributed by atoms with Crippen molar-refractivity contribution in [2.24, 2.45) is 0 Å². The molecule has 0 spiro atoms. The number of nitrogens with one attached hydrogen (secondary N) is 2. The van der Waals surface area contributed by atoms with Crippen LogP contribution in [-0.4, -0.2) is 41.6 Å². The first kappa shape index (κ1) is 26.8. The van der Waals surface area contributed by atoms with Gasteiger partial charge in [-0.25, -0.2) is 9.18 Å². The SMILES string of the molecule is Cc1cc(-c2cccc(C(=O)CC(=O)Nc3cc(F)c(N4CCCC4)cc3NC(=O)OC(C)(C)C)c2)on1. The van der Waals surface area contributed by atoms with Crippen LogP contribution in [0.2, 0.25) is 0 Å². The molecule has 0 saturated carbocycles. The minimum atomic E-state index is -0.753. The topological polar surface area (TPSA) is 114 Å². The molecule has 0 aliphatic carbocycles. The number of aryl methyl sites for hydroxylation is 1. The highest BCUT2D eigenvalue weighted by Crippen LogP contribution is 2.33. The van der Waals surface area contributed by atoms with Crippen molar-refractivity contribution in [2.75, 3.05) is 28.6 Å². The van der Waals surface area contributed by atoms with Crippen molar-refractivity contribution in [3.63, 3.8) is 0 Å². The van der Waals surface area contributed by atoms with Crippen LogP contribution in [0, 0.1) is 12.7 Å². The Kier molecular flexibility index (Phi) is 7.80. The van der Waals surface area contributed by atoms with Gasteiger partial charge in [-0.15, -0.1) is 0 Å². The van der Waals surface area contributed by atoms with E-state index in [0.29, 0.717) is 41.4 Å². The van der Waals surface area contributed by atoms with Crippen LogP contribution in [0.25, 0.3) is 11.3 Å². The maximum atomic E-state index is 15.1. The van der Waals surface area contributed by atoms with Gasteiger partial charge in [0.1, 0.15) is 11.4 Å². The summed E-state index contributed by atoms with van der Waals surface area (Å²) in [5, 5.41) is 9.03. The maximum Gasteiger partial charge on any atom is 0.412 e. The molecule has 3 aromatic rings. The summed E-state index contributed by atoms with van der Waals surface area (Å²) in [6.45, 7) is 8.34. The third kappa shape index (κ3) is 6.76. The maximum absolute atomic E-state index is 15.1. The number of nitrogens with zero attached hydrogens (tertiary/aromatic N) is 2. The zero-order valence-electron chi connectivity index (χ0n) is 21.9. The lowest BCUT2D eigenvalue weighted by molar-refractivity contribution is -0.115. The lowest BCUT2D eigenvalue weighted by Crippen LogP contribution is -2.28. The first-order chi connectivity index (χ1) is 18.0. The number of benzene rings is 2. The molecule has 1 aliphatic rings.